The van der Waals surface area contributed by atoms with E-state index in [2.05, 4.69) is 17.3 Å². The van der Waals surface area contributed by atoms with Crippen molar-refractivity contribution in [1.82, 2.24) is 9.78 Å². The van der Waals surface area contributed by atoms with Crippen molar-refractivity contribution < 1.29 is 9.53 Å². The summed E-state index contributed by atoms with van der Waals surface area (Å²) in [6.07, 6.45) is 2.79. The first-order valence-corrected chi connectivity index (χ1v) is 5.75. The van der Waals surface area contributed by atoms with Gasteiger partial charge in [0, 0.05) is 19.8 Å². The average Bonchev–Trinajstić information content (AvgIpc) is 2.66. The van der Waals surface area contributed by atoms with Crippen molar-refractivity contribution in [2.75, 3.05) is 19.0 Å². The molecule has 1 rings (SSSR count). The van der Waals surface area contributed by atoms with Gasteiger partial charge in [-0.1, -0.05) is 6.92 Å². The summed E-state index contributed by atoms with van der Waals surface area (Å²) in [5.74, 6) is -0.216. The van der Waals surface area contributed by atoms with Gasteiger partial charge >= 0.3 is 5.97 Å². The van der Waals surface area contributed by atoms with Gasteiger partial charge in [-0.3, -0.25) is 9.48 Å². The van der Waals surface area contributed by atoms with E-state index < -0.39 is 5.41 Å². The third kappa shape index (κ3) is 3.22. The Kier molecular flexibility index (Phi) is 4.15. The maximum atomic E-state index is 11.5. The van der Waals surface area contributed by atoms with Crippen LogP contribution in [0.25, 0.3) is 0 Å². The number of aryl methyl sites for hydroxylation is 2. The second-order valence-electron chi connectivity index (χ2n) is 4.75. The second kappa shape index (κ2) is 5.21. The average molecular weight is 239 g/mol. The Morgan fingerprint density at radius 3 is 2.76 bits per heavy atom. The van der Waals surface area contributed by atoms with Crippen LogP contribution in [-0.2, 0) is 23.0 Å². The number of hydrogen-bond donors (Lipinski definition) is 1. The van der Waals surface area contributed by atoms with E-state index in [9.17, 15) is 4.79 Å². The molecule has 1 aromatic heterocycles. The zero-order valence-electron chi connectivity index (χ0n) is 11.2. The summed E-state index contributed by atoms with van der Waals surface area (Å²) < 4.78 is 6.54. The topological polar surface area (TPSA) is 56.2 Å². The molecule has 0 bridgehead atoms. The van der Waals surface area contributed by atoms with Crippen LogP contribution in [0.5, 0.6) is 0 Å². The van der Waals surface area contributed by atoms with Crippen LogP contribution in [0.1, 0.15) is 26.5 Å². The molecule has 0 unspecified atom stereocenters. The molecule has 0 spiro atoms. The number of methoxy groups -OCH3 is 1. The lowest BCUT2D eigenvalue weighted by atomic mass is 9.93. The highest BCUT2D eigenvalue weighted by Gasteiger charge is 2.28. The molecule has 0 aromatic carbocycles. The van der Waals surface area contributed by atoms with E-state index in [1.165, 1.54) is 7.11 Å². The monoisotopic (exact) mass is 239 g/mol. The van der Waals surface area contributed by atoms with E-state index in [0.717, 1.165) is 17.8 Å². The van der Waals surface area contributed by atoms with Crippen molar-refractivity contribution >= 4 is 11.7 Å². The standard InChI is InChI=1S/C12H21N3O2/c1-6-9-10(7-15(4)14-9)13-8-12(2,3)11(16)17-5/h7,13H,6,8H2,1-5H3. The van der Waals surface area contributed by atoms with Gasteiger partial charge in [-0.25, -0.2) is 0 Å². The molecule has 96 valence electrons. The van der Waals surface area contributed by atoms with Gasteiger partial charge in [0.2, 0.25) is 0 Å². The highest BCUT2D eigenvalue weighted by molar-refractivity contribution is 5.76. The lowest BCUT2D eigenvalue weighted by Crippen LogP contribution is -2.33. The summed E-state index contributed by atoms with van der Waals surface area (Å²) in [4.78, 5) is 11.5. The maximum Gasteiger partial charge on any atom is 0.313 e. The third-order valence-electron chi connectivity index (χ3n) is 2.70. The molecule has 17 heavy (non-hydrogen) atoms. The lowest BCUT2D eigenvalue weighted by Gasteiger charge is -2.22. The minimum Gasteiger partial charge on any atom is -0.469 e. The van der Waals surface area contributed by atoms with Crippen molar-refractivity contribution in [2.24, 2.45) is 12.5 Å². The van der Waals surface area contributed by atoms with Gasteiger partial charge in [0.05, 0.1) is 23.9 Å². The molecule has 1 aromatic rings. The molecule has 5 heteroatoms. The van der Waals surface area contributed by atoms with Gasteiger partial charge in [-0.15, -0.1) is 0 Å². The Balaban J connectivity index is 2.69. The van der Waals surface area contributed by atoms with E-state index >= 15 is 0 Å². The van der Waals surface area contributed by atoms with Crippen LogP contribution in [0.2, 0.25) is 0 Å². The Morgan fingerprint density at radius 1 is 1.59 bits per heavy atom. The Morgan fingerprint density at radius 2 is 2.24 bits per heavy atom. The number of carbonyl (C=O) groups excluding carboxylic acids is 1. The van der Waals surface area contributed by atoms with Crippen molar-refractivity contribution in [2.45, 2.75) is 27.2 Å². The first-order chi connectivity index (χ1) is 7.90. The number of nitrogens with one attached hydrogen (secondary N) is 1. The Labute approximate surface area is 102 Å². The molecular formula is C12H21N3O2. The zero-order valence-corrected chi connectivity index (χ0v) is 11.2. The SMILES string of the molecule is CCc1nn(C)cc1NCC(C)(C)C(=O)OC. The predicted molar refractivity (Wildman–Crippen MR) is 66.9 cm³/mol. The number of hydrogen-bond acceptors (Lipinski definition) is 4. The molecular weight excluding hydrogens is 218 g/mol. The highest BCUT2D eigenvalue weighted by atomic mass is 16.5. The molecule has 0 amide bonds. The quantitative estimate of drug-likeness (QED) is 0.793. The van der Waals surface area contributed by atoms with Crippen LogP contribution in [0.3, 0.4) is 0 Å². The molecule has 0 aliphatic carbocycles. The lowest BCUT2D eigenvalue weighted by molar-refractivity contribution is -0.149. The number of rotatable bonds is 5. The van der Waals surface area contributed by atoms with Gasteiger partial charge in [-0.2, -0.15) is 5.10 Å². The molecule has 0 aliphatic heterocycles. The number of nitrogens with zero attached hydrogens (tertiary/aromatic N) is 2. The van der Waals surface area contributed by atoms with Crippen LogP contribution in [0, 0.1) is 5.41 Å². The summed E-state index contributed by atoms with van der Waals surface area (Å²) >= 11 is 0. The minimum absolute atomic E-state index is 0.216. The van der Waals surface area contributed by atoms with Gasteiger partial charge in [0.1, 0.15) is 0 Å². The fraction of sp³-hybridized carbons (Fsp3) is 0.667. The molecule has 1 N–H and O–H groups in total. The molecule has 0 aliphatic rings. The predicted octanol–water partition coefficient (Wildman–Crippen LogP) is 1.59. The van der Waals surface area contributed by atoms with Gasteiger partial charge < -0.3 is 10.1 Å². The smallest absolute Gasteiger partial charge is 0.313 e. The second-order valence-corrected chi connectivity index (χ2v) is 4.75. The van der Waals surface area contributed by atoms with E-state index in [1.807, 2.05) is 27.1 Å². The number of anilines is 1. The molecule has 0 atom stereocenters. The van der Waals surface area contributed by atoms with Crippen LogP contribution >= 0.6 is 0 Å². The van der Waals surface area contributed by atoms with Crippen molar-refractivity contribution in [3.8, 4) is 0 Å². The normalized spacial score (nSPS) is 11.4. The minimum atomic E-state index is -0.546. The van der Waals surface area contributed by atoms with Crippen molar-refractivity contribution in [3.63, 3.8) is 0 Å². The van der Waals surface area contributed by atoms with Crippen molar-refractivity contribution in [1.29, 1.82) is 0 Å². The molecule has 0 saturated carbocycles. The summed E-state index contributed by atoms with van der Waals surface area (Å²) in [6, 6.07) is 0. The largest absolute Gasteiger partial charge is 0.469 e. The Hall–Kier alpha value is -1.52. The van der Waals surface area contributed by atoms with Crippen molar-refractivity contribution in [3.05, 3.63) is 11.9 Å². The van der Waals surface area contributed by atoms with Crippen LogP contribution < -0.4 is 5.32 Å². The van der Waals surface area contributed by atoms with Crippen LogP contribution in [0.4, 0.5) is 5.69 Å². The van der Waals surface area contributed by atoms with E-state index in [-0.39, 0.29) is 5.97 Å². The molecule has 0 fully saturated rings. The van der Waals surface area contributed by atoms with E-state index in [4.69, 9.17) is 4.74 Å². The number of carbonyl (C=O) groups is 1. The number of ether oxygens (including phenoxy) is 1. The van der Waals surface area contributed by atoms with Gasteiger partial charge in [0.15, 0.2) is 0 Å². The number of aromatic nitrogens is 2. The summed E-state index contributed by atoms with van der Waals surface area (Å²) in [5.41, 5.74) is 1.44. The fourth-order valence-electron chi connectivity index (χ4n) is 1.61. The summed E-state index contributed by atoms with van der Waals surface area (Å²) in [7, 11) is 3.29. The van der Waals surface area contributed by atoms with Gasteiger partial charge in [0.25, 0.3) is 0 Å². The number of esters is 1. The molecule has 5 nitrogen and oxygen atoms in total. The van der Waals surface area contributed by atoms with Crippen LogP contribution in [-0.4, -0.2) is 29.4 Å². The Bertz CT molecular complexity index is 396. The molecule has 0 saturated heterocycles. The van der Waals surface area contributed by atoms with E-state index in [0.29, 0.717) is 6.54 Å². The van der Waals surface area contributed by atoms with Crippen LogP contribution in [0.15, 0.2) is 6.20 Å². The fourth-order valence-corrected chi connectivity index (χ4v) is 1.61. The van der Waals surface area contributed by atoms with Gasteiger partial charge in [-0.05, 0) is 20.3 Å². The zero-order chi connectivity index (χ0) is 13.1. The third-order valence-corrected chi connectivity index (χ3v) is 2.70. The first kappa shape index (κ1) is 13.5. The summed E-state index contributed by atoms with van der Waals surface area (Å²) in [6.45, 7) is 6.29. The molecule has 0 radical (unpaired) electrons. The first-order valence-electron chi connectivity index (χ1n) is 5.75. The molecule has 1 heterocycles. The highest BCUT2D eigenvalue weighted by Crippen LogP contribution is 2.20. The maximum absolute atomic E-state index is 11.5. The summed E-state index contributed by atoms with van der Waals surface area (Å²) in [5, 5.41) is 7.59. The van der Waals surface area contributed by atoms with E-state index in [1.54, 1.807) is 4.68 Å².